The zero-order valence-corrected chi connectivity index (χ0v) is 17.8. The Morgan fingerprint density at radius 3 is 2.53 bits per heavy atom. The van der Waals surface area contributed by atoms with Gasteiger partial charge in [0.15, 0.2) is 0 Å². The first-order valence-corrected chi connectivity index (χ1v) is 10.5. The van der Waals surface area contributed by atoms with E-state index < -0.39 is 11.2 Å². The normalized spacial score (nSPS) is 11.6. The number of thioether (sulfide) groups is 1. The summed E-state index contributed by atoms with van der Waals surface area (Å²) in [5.41, 5.74) is -2.30. The van der Waals surface area contributed by atoms with Crippen LogP contribution in [0.25, 0.3) is 16.8 Å². The number of aromatic nitrogens is 3. The summed E-state index contributed by atoms with van der Waals surface area (Å²) in [4.78, 5) is 17.1. The predicted octanol–water partition coefficient (Wildman–Crippen LogP) is 5.72. The number of benzene rings is 2. The molecule has 0 spiro atoms. The molecule has 2 aromatic heterocycles. The molecule has 4 aromatic rings. The second-order valence-corrected chi connectivity index (χ2v) is 8.39. The lowest BCUT2D eigenvalue weighted by atomic mass is 10.0. The number of nitrogens with zero attached hydrogens (tertiary/aromatic N) is 3. The van der Waals surface area contributed by atoms with Gasteiger partial charge in [-0.3, -0.25) is 9.55 Å². The SMILES string of the molecule is O=c1n(Cc2ccncc2-c2cccc(Cl)c2)cc(O)n1-c1ccc(SC(F)(F)F)cc1. The van der Waals surface area contributed by atoms with Gasteiger partial charge in [0, 0.05) is 27.9 Å². The maximum absolute atomic E-state index is 13.0. The summed E-state index contributed by atoms with van der Waals surface area (Å²) in [7, 11) is 0. The number of hydrogen-bond acceptors (Lipinski definition) is 4. The number of rotatable bonds is 5. The smallest absolute Gasteiger partial charge is 0.446 e. The molecule has 0 aliphatic heterocycles. The van der Waals surface area contributed by atoms with Crippen molar-refractivity contribution in [3.8, 4) is 22.7 Å². The minimum Gasteiger partial charge on any atom is -0.493 e. The van der Waals surface area contributed by atoms with Crippen LogP contribution in [0.4, 0.5) is 13.2 Å². The van der Waals surface area contributed by atoms with Gasteiger partial charge in [0.2, 0.25) is 5.88 Å². The van der Waals surface area contributed by atoms with Crippen LogP contribution in [0.5, 0.6) is 5.88 Å². The fraction of sp³-hybridized carbons (Fsp3) is 0.0909. The van der Waals surface area contributed by atoms with Gasteiger partial charge in [-0.25, -0.2) is 9.36 Å². The van der Waals surface area contributed by atoms with Crippen molar-refractivity contribution in [3.05, 3.63) is 94.3 Å². The van der Waals surface area contributed by atoms with E-state index in [2.05, 4.69) is 4.98 Å². The van der Waals surface area contributed by atoms with E-state index in [1.807, 2.05) is 12.1 Å². The molecule has 32 heavy (non-hydrogen) atoms. The van der Waals surface area contributed by atoms with Gasteiger partial charge in [-0.05, 0) is 65.4 Å². The van der Waals surface area contributed by atoms with Gasteiger partial charge >= 0.3 is 11.2 Å². The van der Waals surface area contributed by atoms with Crippen molar-refractivity contribution in [1.29, 1.82) is 0 Å². The molecule has 4 rings (SSSR count). The summed E-state index contributed by atoms with van der Waals surface area (Å²) < 4.78 is 39.9. The Labute approximate surface area is 189 Å². The van der Waals surface area contributed by atoms with E-state index in [4.69, 9.17) is 11.6 Å². The Hall–Kier alpha value is -3.17. The molecule has 0 atom stereocenters. The molecule has 1 N–H and O–H groups in total. The van der Waals surface area contributed by atoms with Crippen LogP contribution in [-0.2, 0) is 6.54 Å². The number of imidazole rings is 1. The Kier molecular flexibility index (Phi) is 6.03. The number of pyridine rings is 1. The summed E-state index contributed by atoms with van der Waals surface area (Å²) in [6.07, 6.45) is 4.55. The third-order valence-electron chi connectivity index (χ3n) is 4.65. The first-order valence-electron chi connectivity index (χ1n) is 9.27. The lowest BCUT2D eigenvalue weighted by Gasteiger charge is -2.10. The van der Waals surface area contributed by atoms with E-state index in [-0.39, 0.29) is 34.8 Å². The Balaban J connectivity index is 1.66. The topological polar surface area (TPSA) is 60.1 Å². The minimum absolute atomic E-state index is 0.0174. The van der Waals surface area contributed by atoms with Crippen molar-refractivity contribution in [2.45, 2.75) is 16.9 Å². The van der Waals surface area contributed by atoms with Gasteiger partial charge in [-0.2, -0.15) is 13.2 Å². The molecule has 10 heteroatoms. The number of alkyl halides is 3. The van der Waals surface area contributed by atoms with Crippen molar-refractivity contribution in [2.24, 2.45) is 0 Å². The first kappa shape index (κ1) is 22.0. The van der Waals surface area contributed by atoms with E-state index in [0.29, 0.717) is 5.02 Å². The Morgan fingerprint density at radius 1 is 1.09 bits per heavy atom. The van der Waals surface area contributed by atoms with E-state index >= 15 is 0 Å². The van der Waals surface area contributed by atoms with Gasteiger partial charge in [0.05, 0.1) is 18.4 Å². The second kappa shape index (κ2) is 8.76. The summed E-state index contributed by atoms with van der Waals surface area (Å²) in [6, 6.07) is 14.2. The van der Waals surface area contributed by atoms with Crippen molar-refractivity contribution < 1.29 is 18.3 Å². The third kappa shape index (κ3) is 4.84. The molecule has 0 saturated heterocycles. The van der Waals surface area contributed by atoms with Crippen molar-refractivity contribution in [2.75, 3.05) is 0 Å². The van der Waals surface area contributed by atoms with E-state index in [0.717, 1.165) is 21.3 Å². The zero-order valence-electron chi connectivity index (χ0n) is 16.3. The van der Waals surface area contributed by atoms with Crippen LogP contribution in [-0.4, -0.2) is 24.7 Å². The van der Waals surface area contributed by atoms with Gasteiger partial charge in [0.1, 0.15) is 0 Å². The molecule has 0 radical (unpaired) electrons. The van der Waals surface area contributed by atoms with Crippen LogP contribution in [0.1, 0.15) is 5.56 Å². The van der Waals surface area contributed by atoms with E-state index in [9.17, 15) is 23.1 Å². The van der Waals surface area contributed by atoms with Crippen LogP contribution < -0.4 is 5.69 Å². The monoisotopic (exact) mass is 477 g/mol. The van der Waals surface area contributed by atoms with Gasteiger partial charge in [-0.1, -0.05) is 23.7 Å². The molecule has 164 valence electrons. The lowest BCUT2D eigenvalue weighted by molar-refractivity contribution is -0.0328. The van der Waals surface area contributed by atoms with Gasteiger partial charge in [-0.15, -0.1) is 0 Å². The van der Waals surface area contributed by atoms with Crippen LogP contribution in [0.2, 0.25) is 5.02 Å². The van der Waals surface area contributed by atoms with Crippen LogP contribution in [0.15, 0.2) is 82.9 Å². The minimum atomic E-state index is -4.41. The fourth-order valence-electron chi connectivity index (χ4n) is 3.29. The molecular weight excluding hydrogens is 463 g/mol. The molecule has 5 nitrogen and oxygen atoms in total. The molecule has 2 aromatic carbocycles. The highest BCUT2D eigenvalue weighted by atomic mass is 35.5. The van der Waals surface area contributed by atoms with E-state index in [1.54, 1.807) is 30.6 Å². The molecule has 0 amide bonds. The third-order valence-corrected chi connectivity index (χ3v) is 5.63. The van der Waals surface area contributed by atoms with Crippen LogP contribution in [0, 0.1) is 0 Å². The van der Waals surface area contributed by atoms with Crippen LogP contribution >= 0.6 is 23.4 Å². The summed E-state index contributed by atoms with van der Waals surface area (Å²) in [6.45, 7) is 0.145. The van der Waals surface area contributed by atoms with Gasteiger partial charge < -0.3 is 5.11 Å². The van der Waals surface area contributed by atoms with Crippen molar-refractivity contribution in [1.82, 2.24) is 14.1 Å². The number of hydrogen-bond donors (Lipinski definition) is 1. The van der Waals surface area contributed by atoms with Crippen LogP contribution in [0.3, 0.4) is 0 Å². The van der Waals surface area contributed by atoms with E-state index in [1.165, 1.54) is 35.0 Å². The highest BCUT2D eigenvalue weighted by molar-refractivity contribution is 8.00. The average Bonchev–Trinajstić information content (AvgIpc) is 3.01. The molecule has 0 aliphatic carbocycles. The highest BCUT2D eigenvalue weighted by Crippen LogP contribution is 2.37. The molecular formula is C22H15ClF3N3O2S. The molecule has 2 heterocycles. The first-order chi connectivity index (χ1) is 15.2. The Morgan fingerprint density at radius 2 is 1.84 bits per heavy atom. The molecule has 0 bridgehead atoms. The highest BCUT2D eigenvalue weighted by Gasteiger charge is 2.29. The van der Waals surface area contributed by atoms with Gasteiger partial charge in [0.25, 0.3) is 0 Å². The Bertz CT molecular complexity index is 1320. The molecule has 0 fully saturated rings. The largest absolute Gasteiger partial charge is 0.493 e. The molecule has 0 saturated carbocycles. The second-order valence-electron chi connectivity index (χ2n) is 6.82. The quantitative estimate of drug-likeness (QED) is 0.373. The lowest BCUT2D eigenvalue weighted by Crippen LogP contribution is -2.23. The number of halogens is 4. The standard InChI is InChI=1S/C22H15ClF3N3O2S/c23-16-3-1-2-14(10-16)19-11-27-9-8-15(19)12-28-13-20(30)29(21(28)31)17-4-6-18(7-5-17)32-22(24,25)26/h1-11,13,30H,12H2. The fourth-order valence-corrected chi connectivity index (χ4v) is 4.02. The molecule has 0 aliphatic rings. The number of aromatic hydroxyl groups is 1. The van der Waals surface area contributed by atoms with Crippen molar-refractivity contribution in [3.63, 3.8) is 0 Å². The summed E-state index contributed by atoms with van der Waals surface area (Å²) in [5.74, 6) is -0.329. The maximum atomic E-state index is 13.0. The summed E-state index contributed by atoms with van der Waals surface area (Å²) >= 11 is 5.85. The molecule has 0 unspecified atom stereocenters. The zero-order chi connectivity index (χ0) is 22.9. The average molecular weight is 478 g/mol. The summed E-state index contributed by atoms with van der Waals surface area (Å²) in [5, 5.41) is 10.9. The van der Waals surface area contributed by atoms with Crippen molar-refractivity contribution >= 4 is 23.4 Å². The maximum Gasteiger partial charge on any atom is 0.446 e. The predicted molar refractivity (Wildman–Crippen MR) is 117 cm³/mol.